The van der Waals surface area contributed by atoms with Crippen LogP contribution >= 0.6 is 23.1 Å². The van der Waals surface area contributed by atoms with Gasteiger partial charge in [0, 0.05) is 41.5 Å². The Morgan fingerprint density at radius 2 is 2.31 bits per heavy atom. The predicted molar refractivity (Wildman–Crippen MR) is 102 cm³/mol. The van der Waals surface area contributed by atoms with Gasteiger partial charge < -0.3 is 9.64 Å². The van der Waals surface area contributed by atoms with E-state index < -0.39 is 0 Å². The SMILES string of the molecule is COc1ccc(Cl)cc1C1=NN(C(=O)CN2C=Cc3sncc3C2)CC1. The summed E-state index contributed by atoms with van der Waals surface area (Å²) in [6.45, 7) is 1.54. The van der Waals surface area contributed by atoms with Gasteiger partial charge in [0.2, 0.25) is 0 Å². The van der Waals surface area contributed by atoms with E-state index >= 15 is 0 Å². The van der Waals surface area contributed by atoms with Crippen molar-refractivity contribution in [2.75, 3.05) is 20.2 Å². The summed E-state index contributed by atoms with van der Waals surface area (Å²) in [6.07, 6.45) is 6.48. The van der Waals surface area contributed by atoms with E-state index in [1.54, 1.807) is 13.2 Å². The van der Waals surface area contributed by atoms with Crippen LogP contribution in [-0.4, -0.2) is 46.1 Å². The van der Waals surface area contributed by atoms with Crippen LogP contribution in [0, 0.1) is 0 Å². The molecule has 0 aliphatic carbocycles. The highest BCUT2D eigenvalue weighted by Gasteiger charge is 2.25. The molecule has 0 radical (unpaired) electrons. The number of carbonyl (C=O) groups excluding carboxylic acids is 1. The van der Waals surface area contributed by atoms with Crippen LogP contribution < -0.4 is 4.74 Å². The zero-order valence-corrected chi connectivity index (χ0v) is 15.8. The van der Waals surface area contributed by atoms with Crippen molar-refractivity contribution >= 4 is 40.8 Å². The standard InChI is InChI=1S/C18H17ClN4O2S/c1-25-16-3-2-13(19)8-14(16)15-4-7-23(21-15)18(24)11-22-6-5-17-12(10-22)9-20-26-17/h2-3,5-6,8-9H,4,7,10-11H2,1H3. The summed E-state index contributed by atoms with van der Waals surface area (Å²) < 4.78 is 9.58. The van der Waals surface area contributed by atoms with E-state index in [-0.39, 0.29) is 12.5 Å². The minimum absolute atomic E-state index is 0.0303. The molecule has 1 amide bonds. The van der Waals surface area contributed by atoms with Crippen LogP contribution in [0.3, 0.4) is 0 Å². The van der Waals surface area contributed by atoms with Crippen LogP contribution in [0.25, 0.3) is 6.08 Å². The molecule has 2 aliphatic rings. The average Bonchev–Trinajstić information content (AvgIpc) is 3.30. The van der Waals surface area contributed by atoms with Crippen molar-refractivity contribution in [1.29, 1.82) is 0 Å². The average molecular weight is 389 g/mol. The Morgan fingerprint density at radius 3 is 3.15 bits per heavy atom. The van der Waals surface area contributed by atoms with Crippen molar-refractivity contribution in [2.45, 2.75) is 13.0 Å². The summed E-state index contributed by atoms with van der Waals surface area (Å²) >= 11 is 7.57. The first-order valence-electron chi connectivity index (χ1n) is 8.21. The fraction of sp³-hybridized carbons (Fsp3) is 0.278. The first-order chi connectivity index (χ1) is 12.6. The van der Waals surface area contributed by atoms with Gasteiger partial charge in [-0.3, -0.25) is 4.79 Å². The minimum atomic E-state index is -0.0303. The molecule has 0 saturated heterocycles. The van der Waals surface area contributed by atoms with Gasteiger partial charge in [-0.05, 0) is 35.8 Å². The molecule has 0 spiro atoms. The summed E-state index contributed by atoms with van der Waals surface area (Å²) in [7, 11) is 1.61. The van der Waals surface area contributed by atoms with E-state index in [4.69, 9.17) is 16.3 Å². The number of nitrogens with zero attached hydrogens (tertiary/aromatic N) is 4. The van der Waals surface area contributed by atoms with Crippen molar-refractivity contribution in [3.8, 4) is 5.75 Å². The molecule has 2 aromatic rings. The van der Waals surface area contributed by atoms with Gasteiger partial charge in [-0.25, -0.2) is 9.38 Å². The number of fused-ring (bicyclic) bond motifs is 1. The lowest BCUT2D eigenvalue weighted by atomic mass is 10.1. The lowest BCUT2D eigenvalue weighted by molar-refractivity contribution is -0.131. The van der Waals surface area contributed by atoms with Crippen molar-refractivity contribution < 1.29 is 9.53 Å². The molecule has 0 bridgehead atoms. The maximum atomic E-state index is 12.6. The zero-order valence-electron chi connectivity index (χ0n) is 14.2. The first kappa shape index (κ1) is 17.1. The number of rotatable bonds is 4. The molecule has 134 valence electrons. The van der Waals surface area contributed by atoms with Gasteiger partial charge >= 0.3 is 0 Å². The van der Waals surface area contributed by atoms with Crippen LogP contribution in [0.4, 0.5) is 0 Å². The van der Waals surface area contributed by atoms with E-state index in [2.05, 4.69) is 9.47 Å². The van der Waals surface area contributed by atoms with E-state index in [1.165, 1.54) is 16.5 Å². The maximum absolute atomic E-state index is 12.6. The number of hydrazone groups is 1. The lowest BCUT2D eigenvalue weighted by Gasteiger charge is -2.24. The largest absolute Gasteiger partial charge is 0.496 e. The number of aromatic nitrogens is 1. The molecule has 0 atom stereocenters. The van der Waals surface area contributed by atoms with E-state index in [0.29, 0.717) is 30.3 Å². The fourth-order valence-electron chi connectivity index (χ4n) is 3.07. The van der Waals surface area contributed by atoms with Crippen molar-refractivity contribution in [3.05, 3.63) is 51.6 Å². The van der Waals surface area contributed by atoms with E-state index in [9.17, 15) is 4.79 Å². The van der Waals surface area contributed by atoms with E-state index in [0.717, 1.165) is 21.7 Å². The summed E-state index contributed by atoms with van der Waals surface area (Å²) in [6, 6.07) is 5.42. The highest BCUT2D eigenvalue weighted by atomic mass is 35.5. The smallest absolute Gasteiger partial charge is 0.262 e. The number of halogens is 1. The molecule has 1 aromatic heterocycles. The van der Waals surface area contributed by atoms with Gasteiger partial charge in [0.25, 0.3) is 5.91 Å². The normalized spacial score (nSPS) is 15.8. The second-order valence-electron chi connectivity index (χ2n) is 6.09. The lowest BCUT2D eigenvalue weighted by Crippen LogP contribution is -2.34. The number of benzene rings is 1. The third-order valence-electron chi connectivity index (χ3n) is 4.39. The Kier molecular flexibility index (Phi) is 4.65. The van der Waals surface area contributed by atoms with Crippen LogP contribution in [0.1, 0.15) is 22.4 Å². The molecular weight excluding hydrogens is 372 g/mol. The summed E-state index contributed by atoms with van der Waals surface area (Å²) in [5.41, 5.74) is 2.80. The molecule has 2 aliphatic heterocycles. The van der Waals surface area contributed by atoms with Crippen LogP contribution in [0.5, 0.6) is 5.75 Å². The highest BCUT2D eigenvalue weighted by Crippen LogP contribution is 2.27. The summed E-state index contributed by atoms with van der Waals surface area (Å²) in [5.74, 6) is 0.677. The number of amides is 1. The molecular formula is C18H17ClN4O2S. The Morgan fingerprint density at radius 1 is 1.42 bits per heavy atom. The molecule has 3 heterocycles. The van der Waals surface area contributed by atoms with Crippen molar-refractivity contribution in [2.24, 2.45) is 5.10 Å². The number of hydrogen-bond donors (Lipinski definition) is 0. The predicted octanol–water partition coefficient (Wildman–Crippen LogP) is 3.23. The van der Waals surface area contributed by atoms with Crippen molar-refractivity contribution in [3.63, 3.8) is 0 Å². The van der Waals surface area contributed by atoms with Gasteiger partial charge in [0.15, 0.2) is 0 Å². The van der Waals surface area contributed by atoms with Gasteiger partial charge in [-0.15, -0.1) is 0 Å². The van der Waals surface area contributed by atoms with E-state index in [1.807, 2.05) is 35.5 Å². The third kappa shape index (κ3) is 3.32. The molecule has 26 heavy (non-hydrogen) atoms. The first-order valence-corrected chi connectivity index (χ1v) is 9.37. The molecule has 8 heteroatoms. The monoisotopic (exact) mass is 388 g/mol. The summed E-state index contributed by atoms with van der Waals surface area (Å²) in [4.78, 5) is 15.8. The van der Waals surface area contributed by atoms with Crippen LogP contribution in [0.15, 0.2) is 35.7 Å². The van der Waals surface area contributed by atoms with Crippen LogP contribution in [0.2, 0.25) is 5.02 Å². The summed E-state index contributed by atoms with van der Waals surface area (Å²) in [5, 5.41) is 6.66. The molecule has 0 N–H and O–H groups in total. The Labute approximate surface area is 160 Å². The Hall–Kier alpha value is -2.38. The molecule has 6 nitrogen and oxygen atoms in total. The quantitative estimate of drug-likeness (QED) is 0.806. The van der Waals surface area contributed by atoms with Crippen LogP contribution in [-0.2, 0) is 11.3 Å². The van der Waals surface area contributed by atoms with Gasteiger partial charge in [-0.1, -0.05) is 11.6 Å². The minimum Gasteiger partial charge on any atom is -0.496 e. The van der Waals surface area contributed by atoms with Gasteiger partial charge in [0.05, 0.1) is 30.8 Å². The second-order valence-corrected chi connectivity index (χ2v) is 7.36. The number of carbonyl (C=O) groups is 1. The molecule has 0 unspecified atom stereocenters. The number of hydrogen-bond acceptors (Lipinski definition) is 6. The second kappa shape index (κ2) is 7.09. The van der Waals surface area contributed by atoms with Gasteiger partial charge in [-0.2, -0.15) is 5.10 Å². The Bertz CT molecular complexity index is 908. The van der Waals surface area contributed by atoms with Crippen molar-refractivity contribution in [1.82, 2.24) is 14.3 Å². The Balaban J connectivity index is 1.46. The third-order valence-corrected chi connectivity index (χ3v) is 5.43. The number of methoxy groups -OCH3 is 1. The van der Waals surface area contributed by atoms with Gasteiger partial charge in [0.1, 0.15) is 5.75 Å². The number of ether oxygens (including phenoxy) is 1. The molecule has 0 saturated carbocycles. The maximum Gasteiger partial charge on any atom is 0.262 e. The topological polar surface area (TPSA) is 58.0 Å². The zero-order chi connectivity index (χ0) is 18.1. The fourth-order valence-corrected chi connectivity index (χ4v) is 3.89. The molecule has 0 fully saturated rings. The molecule has 1 aromatic carbocycles. The highest BCUT2D eigenvalue weighted by molar-refractivity contribution is 7.06. The molecule has 4 rings (SSSR count).